The zero-order chi connectivity index (χ0) is 51.4. The molecule has 6 nitrogen and oxygen atoms in total. The summed E-state index contributed by atoms with van der Waals surface area (Å²) in [6.45, 7) is 4.92. The quantitative estimate of drug-likeness (QED) is 0.0320. The zero-order valence-corrected chi connectivity index (χ0v) is 48.0. The Bertz CT molecular complexity index is 1110. The van der Waals surface area contributed by atoms with E-state index in [1.807, 2.05) is 0 Å². The Morgan fingerprint density at radius 1 is 0.394 bits per heavy atom. The van der Waals surface area contributed by atoms with Gasteiger partial charge in [0.05, 0.1) is 25.4 Å². The summed E-state index contributed by atoms with van der Waals surface area (Å²) in [5.41, 5.74) is 0. The van der Waals surface area contributed by atoms with Gasteiger partial charge in [-0.25, -0.2) is 0 Å². The second-order valence-electron chi connectivity index (χ2n) is 22.1. The number of rotatable bonds is 60. The summed E-state index contributed by atoms with van der Waals surface area (Å²) < 4.78 is 5.48. The fourth-order valence-electron chi connectivity index (χ4n) is 10.1. The SMILES string of the molecule is CCCC/C=C\C/C=C\CCCCCCCC(=O)OCCCCCCCCCCCCCCCCCCCCCCCCCCCCCCCC(=O)NC(CO)C(O)CCCCCCCCCCCCC. The maximum absolute atomic E-state index is 12.5. The number of esters is 1. The van der Waals surface area contributed by atoms with Crippen LogP contribution in [0.4, 0.5) is 0 Å². The largest absolute Gasteiger partial charge is 0.466 e. The van der Waals surface area contributed by atoms with E-state index in [2.05, 4.69) is 43.5 Å². The Balaban J connectivity index is 3.31. The van der Waals surface area contributed by atoms with E-state index in [9.17, 15) is 19.8 Å². The number of unbranched alkanes of at least 4 members (excludes halogenated alkanes) is 45. The van der Waals surface area contributed by atoms with Gasteiger partial charge in [-0.3, -0.25) is 9.59 Å². The van der Waals surface area contributed by atoms with E-state index in [0.29, 0.717) is 25.9 Å². The smallest absolute Gasteiger partial charge is 0.305 e. The fraction of sp³-hybridized carbons (Fsp3) is 0.908. The Morgan fingerprint density at radius 2 is 0.718 bits per heavy atom. The van der Waals surface area contributed by atoms with Crippen LogP contribution >= 0.6 is 0 Å². The normalized spacial score (nSPS) is 12.7. The van der Waals surface area contributed by atoms with Crippen molar-refractivity contribution in [1.29, 1.82) is 0 Å². The average Bonchev–Trinajstić information content (AvgIpc) is 3.37. The molecule has 0 fully saturated rings. The van der Waals surface area contributed by atoms with Crippen LogP contribution in [0.2, 0.25) is 0 Å². The van der Waals surface area contributed by atoms with Crippen molar-refractivity contribution in [3.8, 4) is 0 Å². The van der Waals surface area contributed by atoms with Gasteiger partial charge in [0.25, 0.3) is 0 Å². The lowest BCUT2D eigenvalue weighted by molar-refractivity contribution is -0.143. The van der Waals surface area contributed by atoms with Crippen LogP contribution in [0, 0.1) is 0 Å². The lowest BCUT2D eigenvalue weighted by atomic mass is 10.0. The molecule has 71 heavy (non-hydrogen) atoms. The number of allylic oxidation sites excluding steroid dienone is 4. The fourth-order valence-corrected chi connectivity index (χ4v) is 10.1. The van der Waals surface area contributed by atoms with Crippen molar-refractivity contribution in [1.82, 2.24) is 5.32 Å². The molecule has 0 saturated heterocycles. The summed E-state index contributed by atoms with van der Waals surface area (Å²) in [4.78, 5) is 24.5. The second-order valence-corrected chi connectivity index (χ2v) is 22.1. The van der Waals surface area contributed by atoms with Crippen LogP contribution < -0.4 is 5.32 Å². The number of ether oxygens (including phenoxy) is 1. The van der Waals surface area contributed by atoms with E-state index >= 15 is 0 Å². The minimum absolute atomic E-state index is 0.00501. The Morgan fingerprint density at radius 3 is 1.11 bits per heavy atom. The predicted molar refractivity (Wildman–Crippen MR) is 310 cm³/mol. The summed E-state index contributed by atoms with van der Waals surface area (Å²) in [5, 5.41) is 23.2. The van der Waals surface area contributed by atoms with Crippen LogP contribution in [-0.4, -0.2) is 47.4 Å². The first-order valence-corrected chi connectivity index (χ1v) is 32.1. The number of hydrogen-bond donors (Lipinski definition) is 3. The second kappa shape index (κ2) is 60.9. The van der Waals surface area contributed by atoms with E-state index < -0.39 is 12.1 Å². The van der Waals surface area contributed by atoms with Gasteiger partial charge in [0.1, 0.15) is 0 Å². The first-order chi connectivity index (χ1) is 35.0. The number of nitrogens with one attached hydrogen (secondary N) is 1. The van der Waals surface area contributed by atoms with Gasteiger partial charge in [-0.1, -0.05) is 314 Å². The first kappa shape index (κ1) is 69.3. The van der Waals surface area contributed by atoms with Crippen LogP contribution in [0.25, 0.3) is 0 Å². The molecule has 0 spiro atoms. The van der Waals surface area contributed by atoms with Crippen molar-refractivity contribution >= 4 is 11.9 Å². The topological polar surface area (TPSA) is 95.9 Å². The highest BCUT2D eigenvalue weighted by Crippen LogP contribution is 2.18. The summed E-state index contributed by atoms with van der Waals surface area (Å²) in [5.74, 6) is -0.0261. The molecule has 2 atom stereocenters. The molecule has 0 aromatic carbocycles. The van der Waals surface area contributed by atoms with Gasteiger partial charge in [-0.2, -0.15) is 0 Å². The molecular formula is C65H125NO5. The molecule has 0 radical (unpaired) electrons. The first-order valence-electron chi connectivity index (χ1n) is 32.1. The van der Waals surface area contributed by atoms with Crippen LogP contribution in [0.3, 0.4) is 0 Å². The van der Waals surface area contributed by atoms with Gasteiger partial charge < -0.3 is 20.3 Å². The van der Waals surface area contributed by atoms with Crippen molar-refractivity contribution < 1.29 is 24.5 Å². The zero-order valence-electron chi connectivity index (χ0n) is 48.0. The predicted octanol–water partition coefficient (Wildman–Crippen LogP) is 20.2. The highest BCUT2D eigenvalue weighted by molar-refractivity contribution is 5.76. The van der Waals surface area contributed by atoms with E-state index in [1.165, 1.54) is 270 Å². The van der Waals surface area contributed by atoms with Crippen LogP contribution in [0.5, 0.6) is 0 Å². The average molecular weight is 1000 g/mol. The molecule has 0 bridgehead atoms. The number of carbonyl (C=O) groups excluding carboxylic acids is 2. The summed E-state index contributed by atoms with van der Waals surface area (Å²) in [6.07, 6.45) is 75.0. The minimum Gasteiger partial charge on any atom is -0.466 e. The molecule has 0 saturated carbocycles. The number of aliphatic hydroxyl groups excluding tert-OH is 2. The molecule has 0 aromatic rings. The highest BCUT2D eigenvalue weighted by atomic mass is 16.5. The number of hydrogen-bond acceptors (Lipinski definition) is 5. The monoisotopic (exact) mass is 1000 g/mol. The number of aliphatic hydroxyl groups is 2. The number of carbonyl (C=O) groups is 2. The molecule has 420 valence electrons. The molecule has 2 unspecified atom stereocenters. The molecule has 0 heterocycles. The van der Waals surface area contributed by atoms with E-state index in [-0.39, 0.29) is 18.5 Å². The maximum Gasteiger partial charge on any atom is 0.305 e. The summed E-state index contributed by atoms with van der Waals surface area (Å²) in [7, 11) is 0. The van der Waals surface area contributed by atoms with Crippen LogP contribution in [0.15, 0.2) is 24.3 Å². The van der Waals surface area contributed by atoms with Gasteiger partial charge in [0, 0.05) is 12.8 Å². The van der Waals surface area contributed by atoms with Crippen LogP contribution in [0.1, 0.15) is 354 Å². The van der Waals surface area contributed by atoms with Gasteiger partial charge in [0.15, 0.2) is 0 Å². The highest BCUT2D eigenvalue weighted by Gasteiger charge is 2.20. The van der Waals surface area contributed by atoms with E-state index in [4.69, 9.17) is 4.74 Å². The molecule has 0 aromatic heterocycles. The molecule has 1 amide bonds. The molecule has 3 N–H and O–H groups in total. The summed E-state index contributed by atoms with van der Waals surface area (Å²) in [6, 6.07) is -0.537. The minimum atomic E-state index is -0.660. The molecule has 0 aliphatic carbocycles. The lowest BCUT2D eigenvalue weighted by Gasteiger charge is -2.22. The third-order valence-electron chi connectivity index (χ3n) is 15.0. The lowest BCUT2D eigenvalue weighted by Crippen LogP contribution is -2.45. The molecular weight excluding hydrogens is 875 g/mol. The standard InChI is InChI=1S/C65H125NO5/c1-3-5-7-9-11-13-15-16-35-39-43-47-51-55-59-65(70)71-60-56-52-48-44-40-36-33-31-29-27-25-23-21-19-17-18-20-22-24-26-28-30-32-34-38-42-46-50-54-58-64(69)66-62(61-67)63(68)57-53-49-45-41-37-14-12-10-8-6-4-2/h9,11,15-16,62-63,67-68H,3-8,10,12-14,17-61H2,1-2H3,(H,66,69)/b11-9-,16-15-. The van der Waals surface area contributed by atoms with Crippen molar-refractivity contribution in [2.75, 3.05) is 13.2 Å². The Labute approximate surface area is 443 Å². The number of amides is 1. The van der Waals surface area contributed by atoms with E-state index in [1.54, 1.807) is 0 Å². The van der Waals surface area contributed by atoms with Crippen molar-refractivity contribution in [2.45, 2.75) is 366 Å². The van der Waals surface area contributed by atoms with Gasteiger partial charge in [-0.15, -0.1) is 0 Å². The molecule has 0 rings (SSSR count). The Kier molecular flexibility index (Phi) is 59.5. The maximum atomic E-state index is 12.5. The van der Waals surface area contributed by atoms with Gasteiger partial charge in [-0.05, 0) is 51.4 Å². The third-order valence-corrected chi connectivity index (χ3v) is 15.0. The molecule has 0 aliphatic rings. The van der Waals surface area contributed by atoms with Crippen LogP contribution in [-0.2, 0) is 14.3 Å². The Hall–Kier alpha value is -1.66. The van der Waals surface area contributed by atoms with Crippen molar-refractivity contribution in [3.05, 3.63) is 24.3 Å². The molecule has 0 aliphatic heterocycles. The van der Waals surface area contributed by atoms with Crippen molar-refractivity contribution in [2.24, 2.45) is 0 Å². The van der Waals surface area contributed by atoms with E-state index in [0.717, 1.165) is 51.4 Å². The van der Waals surface area contributed by atoms with Crippen molar-refractivity contribution in [3.63, 3.8) is 0 Å². The molecule has 6 heteroatoms. The van der Waals surface area contributed by atoms with Gasteiger partial charge >= 0.3 is 5.97 Å². The van der Waals surface area contributed by atoms with Gasteiger partial charge in [0.2, 0.25) is 5.91 Å². The third kappa shape index (κ3) is 57.5. The summed E-state index contributed by atoms with van der Waals surface area (Å²) >= 11 is 0.